The number of thiophene rings is 1. The van der Waals surface area contributed by atoms with E-state index in [4.69, 9.17) is 4.74 Å². The maximum atomic E-state index is 12.1. The predicted molar refractivity (Wildman–Crippen MR) is 154 cm³/mol. The van der Waals surface area contributed by atoms with Gasteiger partial charge in [-0.25, -0.2) is 4.68 Å². The van der Waals surface area contributed by atoms with Gasteiger partial charge in [-0.15, -0.1) is 16.4 Å². The Morgan fingerprint density at radius 2 is 2.10 bits per heavy atom. The van der Waals surface area contributed by atoms with Crippen LogP contribution >= 0.6 is 11.3 Å². The van der Waals surface area contributed by atoms with Crippen LogP contribution in [0.4, 0.5) is 0 Å². The molecule has 1 aliphatic heterocycles. The van der Waals surface area contributed by atoms with E-state index in [2.05, 4.69) is 50.7 Å². The molecule has 0 saturated heterocycles. The van der Waals surface area contributed by atoms with Crippen LogP contribution in [0, 0.1) is 6.92 Å². The van der Waals surface area contributed by atoms with Crippen molar-refractivity contribution in [1.29, 1.82) is 0 Å². The molecule has 4 heterocycles. The summed E-state index contributed by atoms with van der Waals surface area (Å²) in [6.45, 7) is 6.05. The molecule has 0 fully saturated rings. The third kappa shape index (κ3) is 4.89. The molecule has 2 N–H and O–H groups in total. The van der Waals surface area contributed by atoms with E-state index in [0.29, 0.717) is 25.4 Å². The summed E-state index contributed by atoms with van der Waals surface area (Å²) >= 11 is 1.70. The fraction of sp³-hybridized carbons (Fsp3) is 0.333. The van der Waals surface area contributed by atoms with Gasteiger partial charge in [0.15, 0.2) is 0 Å². The Labute approximate surface area is 235 Å². The highest BCUT2D eigenvalue weighted by atomic mass is 32.1. The Hall–Kier alpha value is -4.02. The molecule has 0 radical (unpaired) electrons. The third-order valence-corrected chi connectivity index (χ3v) is 8.79. The summed E-state index contributed by atoms with van der Waals surface area (Å²) in [5.41, 5.74) is 6.52. The second-order valence-electron chi connectivity index (χ2n) is 10.5. The van der Waals surface area contributed by atoms with Gasteiger partial charge in [-0.2, -0.15) is 0 Å². The second kappa shape index (κ2) is 10.5. The first-order valence-electron chi connectivity index (χ1n) is 13.4. The molecule has 2 atom stereocenters. The van der Waals surface area contributed by atoms with E-state index in [1.54, 1.807) is 22.1 Å². The van der Waals surface area contributed by atoms with Crippen LogP contribution in [-0.4, -0.2) is 53.7 Å². The molecule has 10 heteroatoms. The standard InChI is InChI=1S/C30H31N5O4S/c1-4-22-15-35(16-25-27(39-22)11-21(36)13-31-25)14-20-10-19(9-18-7-8-40-30(18)20)24(12-28(37)38)23-5-6-26-29(17(23)2)32-33-34(26)3/h5-11,13,22,24,36H,4,12,14-16H2,1-3H3,(H,37,38)/t22-,24-/m1/s1. The van der Waals surface area contributed by atoms with Gasteiger partial charge in [-0.1, -0.05) is 24.3 Å². The Kier molecular flexibility index (Phi) is 6.89. The van der Waals surface area contributed by atoms with Crippen molar-refractivity contribution in [2.45, 2.75) is 51.8 Å². The minimum absolute atomic E-state index is 0.0298. The first kappa shape index (κ1) is 26.2. The Bertz CT molecular complexity index is 1730. The lowest BCUT2D eigenvalue weighted by Gasteiger charge is -2.25. The van der Waals surface area contributed by atoms with Gasteiger partial charge in [0.2, 0.25) is 0 Å². The number of aliphatic carboxylic acids is 1. The summed E-state index contributed by atoms with van der Waals surface area (Å²) in [5, 5.41) is 31.6. The number of nitrogens with zero attached hydrogens (tertiary/aromatic N) is 5. The molecular weight excluding hydrogens is 526 g/mol. The summed E-state index contributed by atoms with van der Waals surface area (Å²) in [6.07, 6.45) is 2.22. The SMILES string of the molecule is CC[C@@H]1CN(Cc2cc([C@@H](CC(=O)O)c3ccc4c(nnn4C)c3C)cc3ccsc23)Cc2ncc(O)cc2O1. The molecule has 1 aliphatic rings. The topological polar surface area (TPSA) is 114 Å². The monoisotopic (exact) mass is 557 g/mol. The van der Waals surface area contributed by atoms with Crippen LogP contribution in [0.3, 0.4) is 0 Å². The molecule has 0 unspecified atom stereocenters. The van der Waals surface area contributed by atoms with Crippen LogP contribution in [0.15, 0.2) is 48.0 Å². The molecule has 0 saturated carbocycles. The highest BCUT2D eigenvalue weighted by molar-refractivity contribution is 7.17. The van der Waals surface area contributed by atoms with E-state index in [1.807, 2.05) is 26.1 Å². The smallest absolute Gasteiger partial charge is 0.304 e. The lowest BCUT2D eigenvalue weighted by molar-refractivity contribution is -0.137. The van der Waals surface area contributed by atoms with Crippen molar-refractivity contribution >= 4 is 38.4 Å². The van der Waals surface area contributed by atoms with Crippen molar-refractivity contribution in [2.75, 3.05) is 6.54 Å². The zero-order valence-corrected chi connectivity index (χ0v) is 23.5. The van der Waals surface area contributed by atoms with E-state index < -0.39 is 5.97 Å². The second-order valence-corrected chi connectivity index (χ2v) is 11.4. The van der Waals surface area contributed by atoms with Crippen LogP contribution in [-0.2, 0) is 24.9 Å². The van der Waals surface area contributed by atoms with Gasteiger partial charge >= 0.3 is 5.97 Å². The fourth-order valence-corrected chi connectivity index (χ4v) is 6.64. The summed E-state index contributed by atoms with van der Waals surface area (Å²) in [4.78, 5) is 18.9. The molecule has 0 spiro atoms. The lowest BCUT2D eigenvalue weighted by atomic mass is 9.84. The van der Waals surface area contributed by atoms with Crippen LogP contribution in [0.1, 0.15) is 53.6 Å². The van der Waals surface area contributed by atoms with Crippen molar-refractivity contribution in [3.63, 3.8) is 0 Å². The summed E-state index contributed by atoms with van der Waals surface area (Å²) < 4.78 is 9.12. The van der Waals surface area contributed by atoms with Crippen LogP contribution < -0.4 is 4.74 Å². The molecule has 9 nitrogen and oxygen atoms in total. The van der Waals surface area contributed by atoms with Gasteiger partial charge in [0, 0.05) is 43.4 Å². The fourth-order valence-electron chi connectivity index (χ4n) is 5.75. The van der Waals surface area contributed by atoms with E-state index in [-0.39, 0.29) is 24.2 Å². The Balaban J connectivity index is 1.41. The number of aryl methyl sites for hydroxylation is 2. The van der Waals surface area contributed by atoms with Gasteiger partial charge in [0.05, 0.1) is 23.8 Å². The maximum absolute atomic E-state index is 12.1. The van der Waals surface area contributed by atoms with Crippen LogP contribution in [0.5, 0.6) is 11.5 Å². The Morgan fingerprint density at radius 3 is 2.90 bits per heavy atom. The number of carboxylic acids is 1. The number of rotatable bonds is 7. The number of ether oxygens (including phenoxy) is 1. The van der Waals surface area contributed by atoms with E-state index in [0.717, 1.165) is 50.8 Å². The molecule has 40 heavy (non-hydrogen) atoms. The molecule has 0 aliphatic carbocycles. The molecule has 2 aromatic carbocycles. The number of hydrogen-bond acceptors (Lipinski definition) is 8. The maximum Gasteiger partial charge on any atom is 0.304 e. The first-order valence-corrected chi connectivity index (χ1v) is 14.3. The van der Waals surface area contributed by atoms with E-state index >= 15 is 0 Å². The number of pyridine rings is 1. The molecule has 0 bridgehead atoms. The van der Waals surface area contributed by atoms with Crippen LogP contribution in [0.25, 0.3) is 21.1 Å². The van der Waals surface area contributed by atoms with Gasteiger partial charge < -0.3 is 14.9 Å². The molecule has 5 aromatic rings. The highest BCUT2D eigenvalue weighted by Crippen LogP contribution is 2.38. The average molecular weight is 558 g/mol. The zero-order valence-electron chi connectivity index (χ0n) is 22.7. The van der Waals surface area contributed by atoms with Crippen molar-refractivity contribution in [2.24, 2.45) is 7.05 Å². The molecular formula is C30H31N5O4S. The summed E-state index contributed by atoms with van der Waals surface area (Å²) in [7, 11) is 1.85. The minimum atomic E-state index is -0.850. The largest absolute Gasteiger partial charge is 0.506 e. The number of aromatic nitrogens is 4. The van der Waals surface area contributed by atoms with Crippen molar-refractivity contribution < 1.29 is 19.7 Å². The number of carbonyl (C=O) groups is 1. The number of fused-ring (bicyclic) bond motifs is 3. The third-order valence-electron chi connectivity index (χ3n) is 7.78. The normalized spacial score (nSPS) is 16.5. The van der Waals surface area contributed by atoms with Gasteiger partial charge in [0.25, 0.3) is 0 Å². The predicted octanol–water partition coefficient (Wildman–Crippen LogP) is 5.37. The molecule has 6 rings (SSSR count). The van der Waals surface area contributed by atoms with Crippen molar-refractivity contribution in [3.05, 3.63) is 75.9 Å². The van der Waals surface area contributed by atoms with E-state index in [9.17, 15) is 15.0 Å². The quantitative estimate of drug-likeness (QED) is 0.275. The molecule has 0 amide bonds. The van der Waals surface area contributed by atoms with Gasteiger partial charge in [0.1, 0.15) is 23.1 Å². The number of benzene rings is 2. The van der Waals surface area contributed by atoms with Crippen molar-refractivity contribution in [3.8, 4) is 11.5 Å². The molecule has 3 aromatic heterocycles. The molecule has 206 valence electrons. The minimum Gasteiger partial charge on any atom is -0.506 e. The summed E-state index contributed by atoms with van der Waals surface area (Å²) in [5.74, 6) is -0.472. The number of aromatic hydroxyl groups is 1. The van der Waals surface area contributed by atoms with Crippen LogP contribution in [0.2, 0.25) is 0 Å². The average Bonchev–Trinajstić information content (AvgIpc) is 3.51. The summed E-state index contributed by atoms with van der Waals surface area (Å²) in [6, 6.07) is 12.0. The van der Waals surface area contributed by atoms with Crippen molar-refractivity contribution in [1.82, 2.24) is 24.9 Å². The first-order chi connectivity index (χ1) is 19.3. The number of hydrogen-bond donors (Lipinski definition) is 2. The van der Waals surface area contributed by atoms with Gasteiger partial charge in [-0.3, -0.25) is 14.7 Å². The zero-order chi connectivity index (χ0) is 28.0. The highest BCUT2D eigenvalue weighted by Gasteiger charge is 2.26. The Morgan fingerprint density at radius 1 is 1.25 bits per heavy atom. The van der Waals surface area contributed by atoms with Gasteiger partial charge in [-0.05, 0) is 64.6 Å². The van der Waals surface area contributed by atoms with E-state index in [1.165, 1.54) is 10.9 Å². The lowest BCUT2D eigenvalue weighted by Crippen LogP contribution is -2.32. The number of carboxylic acid groups (broad SMARTS) is 1.